The molecule has 27 heavy (non-hydrogen) atoms. The summed E-state index contributed by atoms with van der Waals surface area (Å²) in [7, 11) is 0. The maximum absolute atomic E-state index is 4.87. The fourth-order valence-corrected chi connectivity index (χ4v) is 3.76. The maximum atomic E-state index is 4.87. The third kappa shape index (κ3) is 4.13. The van der Waals surface area contributed by atoms with Crippen LogP contribution in [0.25, 0.3) is 5.65 Å². The van der Waals surface area contributed by atoms with E-state index in [0.29, 0.717) is 5.92 Å². The van der Waals surface area contributed by atoms with E-state index in [1.54, 1.807) is 0 Å². The van der Waals surface area contributed by atoms with Gasteiger partial charge in [0.25, 0.3) is 0 Å². The molecule has 1 atom stereocenters. The molecular formula is C22H27N5. The molecular weight excluding hydrogens is 334 g/mol. The van der Waals surface area contributed by atoms with Crippen molar-refractivity contribution in [2.24, 2.45) is 4.99 Å². The van der Waals surface area contributed by atoms with Gasteiger partial charge in [0.05, 0.1) is 5.69 Å². The molecule has 4 rings (SSSR count). The number of likely N-dealkylation sites (tertiary alicyclic amines) is 1. The van der Waals surface area contributed by atoms with Crippen molar-refractivity contribution in [2.75, 3.05) is 26.2 Å². The predicted octanol–water partition coefficient (Wildman–Crippen LogP) is 3.33. The van der Waals surface area contributed by atoms with Crippen LogP contribution in [-0.4, -0.2) is 46.4 Å². The van der Waals surface area contributed by atoms with Crippen molar-refractivity contribution in [3.63, 3.8) is 0 Å². The van der Waals surface area contributed by atoms with E-state index in [4.69, 9.17) is 4.99 Å². The molecule has 0 radical (unpaired) electrons. The molecule has 140 valence electrons. The average Bonchev–Trinajstić information content (AvgIpc) is 3.35. The van der Waals surface area contributed by atoms with Crippen LogP contribution in [0.4, 0.5) is 0 Å². The quantitative estimate of drug-likeness (QED) is 0.560. The molecule has 0 saturated carbocycles. The Balaban J connectivity index is 1.39. The number of fused-ring (bicyclic) bond motifs is 1. The first-order chi connectivity index (χ1) is 13.3. The second-order valence-electron chi connectivity index (χ2n) is 7.03. The van der Waals surface area contributed by atoms with Crippen LogP contribution in [0.15, 0.2) is 65.9 Å². The van der Waals surface area contributed by atoms with Gasteiger partial charge in [0.15, 0.2) is 5.96 Å². The summed E-state index contributed by atoms with van der Waals surface area (Å²) in [6, 6.07) is 16.9. The molecule has 1 aliphatic rings. The summed E-state index contributed by atoms with van der Waals surface area (Å²) >= 11 is 0. The minimum absolute atomic E-state index is 0.591. The van der Waals surface area contributed by atoms with Crippen LogP contribution >= 0.6 is 0 Å². The van der Waals surface area contributed by atoms with Gasteiger partial charge in [0.2, 0.25) is 0 Å². The standard InChI is InChI=1S/C22H27N5/c1-2-23-22(27-15-12-19(16-27)18-8-4-3-5-9-18)24-13-11-20-17-26-14-7-6-10-21(26)25-20/h3-10,14,17,19H,2,11-13,15-16H2,1H3,(H,23,24). The number of aliphatic imine (C=N–C) groups is 1. The average molecular weight is 361 g/mol. The van der Waals surface area contributed by atoms with Crippen LogP contribution < -0.4 is 5.32 Å². The first kappa shape index (κ1) is 17.6. The van der Waals surface area contributed by atoms with Gasteiger partial charge in [-0.15, -0.1) is 0 Å². The molecule has 1 aromatic carbocycles. The Morgan fingerprint density at radius 1 is 1.19 bits per heavy atom. The van der Waals surface area contributed by atoms with E-state index in [1.807, 2.05) is 24.4 Å². The number of hydrogen-bond donors (Lipinski definition) is 1. The minimum Gasteiger partial charge on any atom is -0.357 e. The number of pyridine rings is 1. The molecule has 0 spiro atoms. The Morgan fingerprint density at radius 2 is 2.04 bits per heavy atom. The van der Waals surface area contributed by atoms with Crippen LogP contribution in [0, 0.1) is 0 Å². The fourth-order valence-electron chi connectivity index (χ4n) is 3.76. The lowest BCUT2D eigenvalue weighted by atomic mass is 9.99. The fraction of sp³-hybridized carbons (Fsp3) is 0.364. The molecule has 1 saturated heterocycles. The van der Waals surface area contributed by atoms with Crippen LogP contribution in [0.3, 0.4) is 0 Å². The van der Waals surface area contributed by atoms with Crippen LogP contribution in [0.1, 0.15) is 30.5 Å². The van der Waals surface area contributed by atoms with E-state index in [-0.39, 0.29) is 0 Å². The first-order valence-corrected chi connectivity index (χ1v) is 9.84. The lowest BCUT2D eigenvalue weighted by Crippen LogP contribution is -2.40. The van der Waals surface area contributed by atoms with Gasteiger partial charge >= 0.3 is 0 Å². The van der Waals surface area contributed by atoms with Gasteiger partial charge in [-0.3, -0.25) is 4.99 Å². The Morgan fingerprint density at radius 3 is 2.85 bits per heavy atom. The minimum atomic E-state index is 0.591. The molecule has 5 nitrogen and oxygen atoms in total. The van der Waals surface area contributed by atoms with E-state index in [0.717, 1.165) is 49.9 Å². The molecule has 3 aromatic rings. The van der Waals surface area contributed by atoms with Gasteiger partial charge in [0, 0.05) is 50.9 Å². The number of imidazole rings is 1. The highest BCUT2D eigenvalue weighted by Gasteiger charge is 2.25. The number of hydrogen-bond acceptors (Lipinski definition) is 2. The smallest absolute Gasteiger partial charge is 0.193 e. The number of nitrogens with zero attached hydrogens (tertiary/aromatic N) is 4. The SMILES string of the molecule is CCNC(=NCCc1cn2ccccc2n1)N1CCC(c2ccccc2)C1. The van der Waals surface area contributed by atoms with Gasteiger partial charge in [0.1, 0.15) is 5.65 Å². The van der Waals surface area contributed by atoms with Crippen molar-refractivity contribution in [1.29, 1.82) is 0 Å². The second-order valence-corrected chi connectivity index (χ2v) is 7.03. The molecule has 1 N–H and O–H groups in total. The molecule has 2 aromatic heterocycles. The van der Waals surface area contributed by atoms with Crippen molar-refractivity contribution >= 4 is 11.6 Å². The normalized spacial score (nSPS) is 17.6. The Bertz CT molecular complexity index is 866. The van der Waals surface area contributed by atoms with Gasteiger partial charge in [-0.1, -0.05) is 36.4 Å². The van der Waals surface area contributed by atoms with E-state index < -0.39 is 0 Å². The summed E-state index contributed by atoms with van der Waals surface area (Å²) in [5, 5.41) is 3.46. The highest BCUT2D eigenvalue weighted by Crippen LogP contribution is 2.26. The number of guanidine groups is 1. The summed E-state index contributed by atoms with van der Waals surface area (Å²) in [5.74, 6) is 1.62. The van der Waals surface area contributed by atoms with Crippen LogP contribution in [-0.2, 0) is 6.42 Å². The third-order valence-electron chi connectivity index (χ3n) is 5.14. The Hall–Kier alpha value is -2.82. The summed E-state index contributed by atoms with van der Waals surface area (Å²) in [6.07, 6.45) is 6.17. The number of rotatable bonds is 5. The zero-order valence-corrected chi connectivity index (χ0v) is 15.9. The molecule has 0 bridgehead atoms. The highest BCUT2D eigenvalue weighted by molar-refractivity contribution is 5.80. The van der Waals surface area contributed by atoms with Crippen molar-refractivity contribution in [3.8, 4) is 0 Å². The number of nitrogens with one attached hydrogen (secondary N) is 1. The van der Waals surface area contributed by atoms with Crippen molar-refractivity contribution in [3.05, 3.63) is 72.2 Å². The van der Waals surface area contributed by atoms with E-state index >= 15 is 0 Å². The second kappa shape index (κ2) is 8.25. The number of benzene rings is 1. The lowest BCUT2D eigenvalue weighted by molar-refractivity contribution is 0.486. The van der Waals surface area contributed by atoms with Gasteiger partial charge in [-0.25, -0.2) is 4.98 Å². The van der Waals surface area contributed by atoms with Crippen molar-refractivity contribution < 1.29 is 0 Å². The molecule has 1 aliphatic heterocycles. The van der Waals surface area contributed by atoms with E-state index in [1.165, 1.54) is 12.0 Å². The highest BCUT2D eigenvalue weighted by atomic mass is 15.3. The van der Waals surface area contributed by atoms with E-state index in [2.05, 4.69) is 63.1 Å². The summed E-state index contributed by atoms with van der Waals surface area (Å²) in [4.78, 5) is 11.9. The van der Waals surface area contributed by atoms with Crippen molar-refractivity contribution in [2.45, 2.75) is 25.7 Å². The molecule has 1 unspecified atom stereocenters. The molecule has 5 heteroatoms. The lowest BCUT2D eigenvalue weighted by Gasteiger charge is -2.21. The summed E-state index contributed by atoms with van der Waals surface area (Å²) in [6.45, 7) is 5.85. The van der Waals surface area contributed by atoms with Crippen LogP contribution in [0.2, 0.25) is 0 Å². The van der Waals surface area contributed by atoms with Crippen molar-refractivity contribution in [1.82, 2.24) is 19.6 Å². The zero-order valence-electron chi connectivity index (χ0n) is 15.9. The zero-order chi connectivity index (χ0) is 18.5. The summed E-state index contributed by atoms with van der Waals surface area (Å²) < 4.78 is 2.06. The molecule has 1 fully saturated rings. The Labute approximate surface area is 160 Å². The predicted molar refractivity (Wildman–Crippen MR) is 110 cm³/mol. The third-order valence-corrected chi connectivity index (χ3v) is 5.14. The molecule has 0 amide bonds. The largest absolute Gasteiger partial charge is 0.357 e. The number of aromatic nitrogens is 2. The van der Waals surface area contributed by atoms with Gasteiger partial charge in [-0.05, 0) is 31.0 Å². The molecule has 3 heterocycles. The first-order valence-electron chi connectivity index (χ1n) is 9.84. The maximum Gasteiger partial charge on any atom is 0.193 e. The monoisotopic (exact) mass is 361 g/mol. The Kier molecular flexibility index (Phi) is 5.37. The van der Waals surface area contributed by atoms with Gasteiger partial charge in [-0.2, -0.15) is 0 Å². The topological polar surface area (TPSA) is 44.9 Å². The molecule has 0 aliphatic carbocycles. The van der Waals surface area contributed by atoms with E-state index in [9.17, 15) is 0 Å². The summed E-state index contributed by atoms with van der Waals surface area (Å²) in [5.41, 5.74) is 3.51. The van der Waals surface area contributed by atoms with Crippen LogP contribution in [0.5, 0.6) is 0 Å². The van der Waals surface area contributed by atoms with Gasteiger partial charge < -0.3 is 14.6 Å².